The third-order valence-corrected chi connectivity index (χ3v) is 3.00. The zero-order valence-corrected chi connectivity index (χ0v) is 8.28. The lowest BCUT2D eigenvalue weighted by molar-refractivity contribution is 0.0572. The Hall–Kier alpha value is -0.910. The molecule has 1 aliphatic rings. The van der Waals surface area contributed by atoms with Crippen LogP contribution in [-0.4, -0.2) is 46.3 Å². The van der Waals surface area contributed by atoms with Crippen molar-refractivity contribution >= 4 is 17.2 Å². The molecule has 1 saturated heterocycles. The molecule has 2 atom stereocenters. The summed E-state index contributed by atoms with van der Waals surface area (Å²) in [5.41, 5.74) is 0.622. The number of carbonyl (C=O) groups is 1. The topological polar surface area (TPSA) is 60.8 Å². The molecule has 1 aromatic heterocycles. The van der Waals surface area contributed by atoms with Crippen molar-refractivity contribution in [1.82, 2.24) is 4.90 Å². The van der Waals surface area contributed by atoms with E-state index in [0.29, 0.717) is 5.56 Å². The second-order valence-electron chi connectivity index (χ2n) is 3.36. The number of hydrogen-bond donors (Lipinski definition) is 2. The summed E-state index contributed by atoms with van der Waals surface area (Å²) in [4.78, 5) is 13.2. The summed E-state index contributed by atoms with van der Waals surface area (Å²) >= 11 is 1.46. The van der Waals surface area contributed by atoms with Gasteiger partial charge in [0.15, 0.2) is 0 Å². The van der Waals surface area contributed by atoms with Crippen LogP contribution >= 0.6 is 11.3 Å². The Morgan fingerprint density at radius 2 is 2.07 bits per heavy atom. The molecular formula is C9H11NO3S. The summed E-state index contributed by atoms with van der Waals surface area (Å²) in [7, 11) is 0. The van der Waals surface area contributed by atoms with Crippen molar-refractivity contribution in [2.45, 2.75) is 12.2 Å². The van der Waals surface area contributed by atoms with Crippen LogP contribution in [0.15, 0.2) is 16.8 Å². The fraction of sp³-hybridized carbons (Fsp3) is 0.444. The summed E-state index contributed by atoms with van der Waals surface area (Å²) in [6, 6.07) is 1.74. The van der Waals surface area contributed by atoms with Crippen LogP contribution in [-0.2, 0) is 0 Å². The van der Waals surface area contributed by atoms with Gasteiger partial charge >= 0.3 is 0 Å². The van der Waals surface area contributed by atoms with Crippen molar-refractivity contribution in [2.75, 3.05) is 13.1 Å². The standard InChI is InChI=1S/C9H11NO3S/c11-7-3-10(4-8(7)12)9(13)6-1-2-14-5-6/h1-2,5,7-8,11-12H,3-4H2/t7-,8+. The lowest BCUT2D eigenvalue weighted by Crippen LogP contribution is -2.29. The first-order chi connectivity index (χ1) is 6.68. The van der Waals surface area contributed by atoms with Gasteiger partial charge in [-0.2, -0.15) is 11.3 Å². The van der Waals surface area contributed by atoms with E-state index in [4.69, 9.17) is 0 Å². The maximum atomic E-state index is 11.7. The maximum Gasteiger partial charge on any atom is 0.254 e. The average molecular weight is 213 g/mol. The largest absolute Gasteiger partial charge is 0.388 e. The Balaban J connectivity index is 2.07. The highest BCUT2D eigenvalue weighted by Gasteiger charge is 2.32. The molecule has 0 unspecified atom stereocenters. The zero-order chi connectivity index (χ0) is 10.1. The first kappa shape index (κ1) is 9.64. The minimum atomic E-state index is -0.808. The van der Waals surface area contributed by atoms with Crippen LogP contribution in [0.5, 0.6) is 0 Å². The van der Waals surface area contributed by atoms with Crippen molar-refractivity contribution in [3.63, 3.8) is 0 Å². The minimum Gasteiger partial charge on any atom is -0.388 e. The molecule has 1 aliphatic heterocycles. The second-order valence-corrected chi connectivity index (χ2v) is 4.14. The van der Waals surface area contributed by atoms with Crippen LogP contribution in [0.25, 0.3) is 0 Å². The number of β-amino-alcohol motifs (C(OH)–C–C–N with tert-alkyl or cyclic N) is 2. The molecule has 1 aromatic rings. The molecule has 0 saturated carbocycles. The number of rotatable bonds is 1. The highest BCUT2D eigenvalue weighted by molar-refractivity contribution is 7.08. The van der Waals surface area contributed by atoms with Gasteiger partial charge in [0.2, 0.25) is 0 Å². The Morgan fingerprint density at radius 3 is 2.57 bits per heavy atom. The summed E-state index contributed by atoms with van der Waals surface area (Å²) in [6.45, 7) is 0.436. The number of thiophene rings is 1. The van der Waals surface area contributed by atoms with Gasteiger partial charge in [-0.25, -0.2) is 0 Å². The van der Waals surface area contributed by atoms with Crippen molar-refractivity contribution in [2.24, 2.45) is 0 Å². The van der Waals surface area contributed by atoms with E-state index in [1.807, 2.05) is 5.38 Å². The summed E-state index contributed by atoms with van der Waals surface area (Å²) in [5.74, 6) is -0.123. The van der Waals surface area contributed by atoms with E-state index in [1.54, 1.807) is 11.4 Å². The van der Waals surface area contributed by atoms with Crippen molar-refractivity contribution < 1.29 is 15.0 Å². The first-order valence-electron chi connectivity index (χ1n) is 4.36. The van der Waals surface area contributed by atoms with Gasteiger partial charge in [0.05, 0.1) is 17.8 Å². The van der Waals surface area contributed by atoms with E-state index in [2.05, 4.69) is 0 Å². The molecule has 0 bridgehead atoms. The molecule has 5 heteroatoms. The second kappa shape index (κ2) is 3.68. The molecule has 1 fully saturated rings. The van der Waals surface area contributed by atoms with Gasteiger partial charge in [0, 0.05) is 18.5 Å². The molecule has 2 heterocycles. The predicted molar refractivity (Wildman–Crippen MR) is 52.2 cm³/mol. The van der Waals surface area contributed by atoms with Crippen LogP contribution in [0.1, 0.15) is 10.4 Å². The van der Waals surface area contributed by atoms with E-state index in [-0.39, 0.29) is 19.0 Å². The molecule has 2 rings (SSSR count). The summed E-state index contributed by atoms with van der Waals surface area (Å²) in [5, 5.41) is 22.1. The van der Waals surface area contributed by atoms with Crippen LogP contribution in [0.2, 0.25) is 0 Å². The number of hydrogen-bond acceptors (Lipinski definition) is 4. The highest BCUT2D eigenvalue weighted by Crippen LogP contribution is 2.15. The van der Waals surface area contributed by atoms with E-state index in [0.717, 1.165) is 0 Å². The Kier molecular flexibility index (Phi) is 2.54. The Bertz CT molecular complexity index is 315. The maximum absolute atomic E-state index is 11.7. The normalized spacial score (nSPS) is 26.9. The molecule has 0 aromatic carbocycles. The molecule has 0 radical (unpaired) electrons. The van der Waals surface area contributed by atoms with Crippen molar-refractivity contribution in [3.8, 4) is 0 Å². The lowest BCUT2D eigenvalue weighted by atomic mass is 10.3. The third-order valence-electron chi connectivity index (χ3n) is 2.31. The quantitative estimate of drug-likeness (QED) is 0.686. The smallest absolute Gasteiger partial charge is 0.254 e. The number of aliphatic hydroxyl groups is 2. The number of nitrogens with zero attached hydrogens (tertiary/aromatic N) is 1. The Morgan fingerprint density at radius 1 is 1.43 bits per heavy atom. The van der Waals surface area contributed by atoms with Gasteiger partial charge in [-0.05, 0) is 11.4 Å². The third kappa shape index (κ3) is 1.66. The van der Waals surface area contributed by atoms with Gasteiger partial charge in [-0.1, -0.05) is 0 Å². The Labute approximate surface area is 85.4 Å². The number of likely N-dealkylation sites (tertiary alicyclic amines) is 1. The summed E-state index contributed by atoms with van der Waals surface area (Å²) in [6.07, 6.45) is -1.62. The fourth-order valence-electron chi connectivity index (χ4n) is 1.50. The van der Waals surface area contributed by atoms with Crippen LogP contribution in [0, 0.1) is 0 Å². The monoisotopic (exact) mass is 213 g/mol. The van der Waals surface area contributed by atoms with Gasteiger partial charge in [0.25, 0.3) is 5.91 Å². The van der Waals surface area contributed by atoms with Crippen molar-refractivity contribution in [1.29, 1.82) is 0 Å². The fourth-order valence-corrected chi connectivity index (χ4v) is 2.13. The molecule has 2 N–H and O–H groups in total. The van der Waals surface area contributed by atoms with E-state index >= 15 is 0 Å². The van der Waals surface area contributed by atoms with Gasteiger partial charge in [-0.15, -0.1) is 0 Å². The van der Waals surface area contributed by atoms with Crippen LogP contribution in [0.4, 0.5) is 0 Å². The predicted octanol–water partition coefficient (Wildman–Crippen LogP) is -0.0743. The van der Waals surface area contributed by atoms with E-state index < -0.39 is 12.2 Å². The van der Waals surface area contributed by atoms with E-state index in [1.165, 1.54) is 16.2 Å². The van der Waals surface area contributed by atoms with Gasteiger partial charge in [0.1, 0.15) is 0 Å². The molecular weight excluding hydrogens is 202 g/mol. The molecule has 76 valence electrons. The van der Waals surface area contributed by atoms with Gasteiger partial charge in [-0.3, -0.25) is 4.79 Å². The molecule has 14 heavy (non-hydrogen) atoms. The molecule has 0 aliphatic carbocycles. The van der Waals surface area contributed by atoms with Gasteiger partial charge < -0.3 is 15.1 Å². The number of carbonyl (C=O) groups excluding carboxylic acids is 1. The SMILES string of the molecule is O=C(c1ccsc1)N1C[C@@H](O)[C@@H](O)C1. The van der Waals surface area contributed by atoms with Crippen LogP contribution in [0.3, 0.4) is 0 Å². The highest BCUT2D eigenvalue weighted by atomic mass is 32.1. The average Bonchev–Trinajstić information content (AvgIpc) is 2.76. The number of amides is 1. The summed E-state index contributed by atoms with van der Waals surface area (Å²) < 4.78 is 0. The first-order valence-corrected chi connectivity index (χ1v) is 5.30. The molecule has 0 spiro atoms. The lowest BCUT2D eigenvalue weighted by Gasteiger charge is -2.13. The number of aliphatic hydroxyl groups excluding tert-OH is 2. The molecule has 1 amide bonds. The zero-order valence-electron chi connectivity index (χ0n) is 7.46. The minimum absolute atomic E-state index is 0.123. The molecule has 4 nitrogen and oxygen atoms in total. The van der Waals surface area contributed by atoms with E-state index in [9.17, 15) is 15.0 Å². The van der Waals surface area contributed by atoms with Crippen molar-refractivity contribution in [3.05, 3.63) is 22.4 Å². The van der Waals surface area contributed by atoms with Crippen LogP contribution < -0.4 is 0 Å².